The molecule has 2 rings (SSSR count). The van der Waals surface area contributed by atoms with Crippen LogP contribution in [0.1, 0.15) is 19.4 Å². The summed E-state index contributed by atoms with van der Waals surface area (Å²) < 4.78 is 1.10. The molecule has 1 aromatic carbocycles. The lowest BCUT2D eigenvalue weighted by molar-refractivity contribution is 0.224. The number of nitrogens with one attached hydrogen (secondary N) is 1. The maximum absolute atomic E-state index is 4.53. The number of aromatic nitrogens is 1. The molecule has 114 valence electrons. The molecule has 1 N–H and O–H groups in total. The Morgan fingerprint density at radius 2 is 2.00 bits per heavy atom. The molecule has 0 aliphatic heterocycles. The van der Waals surface area contributed by atoms with E-state index in [0.717, 1.165) is 23.1 Å². The van der Waals surface area contributed by atoms with E-state index in [-0.39, 0.29) is 0 Å². The molecule has 0 aliphatic carbocycles. The Balaban J connectivity index is 2.09. The Kier molecular flexibility index (Phi) is 5.73. The van der Waals surface area contributed by atoms with Crippen molar-refractivity contribution in [1.82, 2.24) is 15.2 Å². The minimum absolute atomic E-state index is 0.541. The van der Waals surface area contributed by atoms with E-state index in [2.05, 4.69) is 77.3 Å². The van der Waals surface area contributed by atoms with E-state index in [0.29, 0.717) is 12.0 Å². The van der Waals surface area contributed by atoms with Crippen LogP contribution in [0.4, 0.5) is 0 Å². The summed E-state index contributed by atoms with van der Waals surface area (Å²) in [6.07, 6.45) is 1.86. The van der Waals surface area contributed by atoms with Crippen LogP contribution >= 0.6 is 15.9 Å². The van der Waals surface area contributed by atoms with Gasteiger partial charge in [0.25, 0.3) is 0 Å². The summed E-state index contributed by atoms with van der Waals surface area (Å²) in [6.45, 7) is 6.36. The fourth-order valence-corrected chi connectivity index (χ4v) is 3.16. The molecule has 0 bridgehead atoms. The zero-order valence-electron chi connectivity index (χ0n) is 13.2. The Labute approximate surface area is 135 Å². The van der Waals surface area contributed by atoms with Gasteiger partial charge in [0.05, 0.1) is 5.52 Å². The molecule has 21 heavy (non-hydrogen) atoms. The van der Waals surface area contributed by atoms with Gasteiger partial charge >= 0.3 is 0 Å². The highest BCUT2D eigenvalue weighted by atomic mass is 79.9. The first-order valence-electron chi connectivity index (χ1n) is 7.40. The standard InChI is InChI=1S/C17H24BrN3/c1-12(2)16(21(3)4)11-19-10-13-7-8-15(18)14-6-5-9-20-17(13)14/h5-9,12,16,19H,10-11H2,1-4H3. The number of likely N-dealkylation sites (N-methyl/N-ethyl adjacent to an activating group) is 1. The molecule has 1 unspecified atom stereocenters. The summed E-state index contributed by atoms with van der Waals surface area (Å²) in [4.78, 5) is 6.82. The van der Waals surface area contributed by atoms with Crippen molar-refractivity contribution >= 4 is 26.8 Å². The number of fused-ring (bicyclic) bond motifs is 1. The van der Waals surface area contributed by atoms with Gasteiger partial charge in [-0.3, -0.25) is 4.98 Å². The van der Waals surface area contributed by atoms with Gasteiger partial charge in [-0.2, -0.15) is 0 Å². The van der Waals surface area contributed by atoms with Crippen molar-refractivity contribution < 1.29 is 0 Å². The van der Waals surface area contributed by atoms with Gasteiger partial charge in [-0.15, -0.1) is 0 Å². The van der Waals surface area contributed by atoms with E-state index in [1.165, 1.54) is 10.9 Å². The minimum Gasteiger partial charge on any atom is -0.311 e. The summed E-state index contributed by atoms with van der Waals surface area (Å²) in [5.41, 5.74) is 2.32. The topological polar surface area (TPSA) is 28.2 Å². The molecular weight excluding hydrogens is 326 g/mol. The smallest absolute Gasteiger partial charge is 0.0758 e. The average Bonchev–Trinajstić information content (AvgIpc) is 2.45. The largest absolute Gasteiger partial charge is 0.311 e. The fraction of sp³-hybridized carbons (Fsp3) is 0.471. The summed E-state index contributed by atoms with van der Waals surface area (Å²) in [6, 6.07) is 8.87. The van der Waals surface area contributed by atoms with E-state index in [4.69, 9.17) is 0 Å². The lowest BCUT2D eigenvalue weighted by Crippen LogP contribution is -2.41. The molecule has 1 aromatic heterocycles. The molecule has 0 amide bonds. The number of hydrogen-bond acceptors (Lipinski definition) is 3. The predicted molar refractivity (Wildman–Crippen MR) is 93.5 cm³/mol. The Hall–Kier alpha value is -0.970. The first-order valence-corrected chi connectivity index (χ1v) is 8.19. The van der Waals surface area contributed by atoms with Crippen molar-refractivity contribution in [3.63, 3.8) is 0 Å². The second kappa shape index (κ2) is 7.34. The average molecular weight is 350 g/mol. The number of rotatable bonds is 6. The zero-order chi connectivity index (χ0) is 15.4. The Morgan fingerprint density at radius 3 is 2.67 bits per heavy atom. The van der Waals surface area contributed by atoms with Crippen molar-refractivity contribution in [3.8, 4) is 0 Å². The molecular formula is C17H24BrN3. The van der Waals surface area contributed by atoms with Gasteiger partial charge in [0.15, 0.2) is 0 Å². The molecule has 2 aromatic rings. The molecule has 0 spiro atoms. The summed E-state index contributed by atoms with van der Waals surface area (Å²) in [5.74, 6) is 0.632. The first-order chi connectivity index (χ1) is 10.0. The van der Waals surface area contributed by atoms with Gasteiger partial charge in [0.1, 0.15) is 0 Å². The SMILES string of the molecule is CC(C)C(CNCc1ccc(Br)c2cccnc12)N(C)C. The van der Waals surface area contributed by atoms with Crippen LogP contribution in [-0.4, -0.2) is 36.6 Å². The molecule has 0 fully saturated rings. The van der Waals surface area contributed by atoms with Crippen molar-refractivity contribution in [1.29, 1.82) is 0 Å². The monoisotopic (exact) mass is 349 g/mol. The zero-order valence-corrected chi connectivity index (χ0v) is 14.8. The van der Waals surface area contributed by atoms with Crippen molar-refractivity contribution in [2.75, 3.05) is 20.6 Å². The fourth-order valence-electron chi connectivity index (χ4n) is 2.71. The number of pyridine rings is 1. The number of benzene rings is 1. The number of nitrogens with zero attached hydrogens (tertiary/aromatic N) is 2. The third-order valence-corrected chi connectivity index (χ3v) is 4.59. The lowest BCUT2D eigenvalue weighted by atomic mass is 10.0. The van der Waals surface area contributed by atoms with Gasteiger partial charge in [0.2, 0.25) is 0 Å². The van der Waals surface area contributed by atoms with Gasteiger partial charge in [0, 0.05) is 35.2 Å². The molecule has 0 aliphatic rings. The third kappa shape index (κ3) is 4.02. The second-order valence-corrected chi connectivity index (χ2v) is 6.87. The number of halogens is 1. The van der Waals surface area contributed by atoms with Crippen LogP contribution in [0.5, 0.6) is 0 Å². The Morgan fingerprint density at radius 1 is 1.24 bits per heavy atom. The quantitative estimate of drug-likeness (QED) is 0.862. The van der Waals surface area contributed by atoms with Crippen molar-refractivity contribution in [3.05, 3.63) is 40.5 Å². The van der Waals surface area contributed by atoms with Crippen molar-refractivity contribution in [2.24, 2.45) is 5.92 Å². The molecule has 0 saturated carbocycles. The van der Waals surface area contributed by atoms with Crippen LogP contribution in [-0.2, 0) is 6.54 Å². The second-order valence-electron chi connectivity index (χ2n) is 6.01. The normalized spacial score (nSPS) is 13.3. The Bertz CT molecular complexity index is 588. The van der Waals surface area contributed by atoms with E-state index >= 15 is 0 Å². The van der Waals surface area contributed by atoms with E-state index in [1.807, 2.05) is 12.3 Å². The summed E-state index contributed by atoms with van der Waals surface area (Å²) >= 11 is 3.59. The van der Waals surface area contributed by atoms with E-state index in [9.17, 15) is 0 Å². The molecule has 4 heteroatoms. The van der Waals surface area contributed by atoms with Gasteiger partial charge in [-0.25, -0.2) is 0 Å². The predicted octanol–water partition coefficient (Wildman–Crippen LogP) is 3.67. The molecule has 1 atom stereocenters. The third-order valence-electron chi connectivity index (χ3n) is 3.90. The molecule has 0 radical (unpaired) electrons. The maximum Gasteiger partial charge on any atom is 0.0758 e. The highest BCUT2D eigenvalue weighted by molar-refractivity contribution is 9.10. The van der Waals surface area contributed by atoms with Gasteiger partial charge in [-0.05, 0) is 37.7 Å². The molecule has 3 nitrogen and oxygen atoms in total. The molecule has 1 heterocycles. The highest BCUT2D eigenvalue weighted by Gasteiger charge is 2.15. The van der Waals surface area contributed by atoms with Crippen LogP contribution < -0.4 is 5.32 Å². The lowest BCUT2D eigenvalue weighted by Gasteiger charge is -2.28. The van der Waals surface area contributed by atoms with E-state index < -0.39 is 0 Å². The van der Waals surface area contributed by atoms with Gasteiger partial charge in [-0.1, -0.05) is 41.9 Å². The molecule has 0 saturated heterocycles. The van der Waals surface area contributed by atoms with E-state index in [1.54, 1.807) is 0 Å². The van der Waals surface area contributed by atoms with Crippen LogP contribution in [0, 0.1) is 5.92 Å². The summed E-state index contributed by atoms with van der Waals surface area (Å²) in [5, 5.41) is 4.75. The van der Waals surface area contributed by atoms with Crippen LogP contribution in [0.2, 0.25) is 0 Å². The van der Waals surface area contributed by atoms with Crippen LogP contribution in [0.3, 0.4) is 0 Å². The minimum atomic E-state index is 0.541. The summed E-state index contributed by atoms with van der Waals surface area (Å²) in [7, 11) is 4.28. The van der Waals surface area contributed by atoms with Crippen LogP contribution in [0.15, 0.2) is 34.9 Å². The maximum atomic E-state index is 4.53. The highest BCUT2D eigenvalue weighted by Crippen LogP contribution is 2.25. The first kappa shape index (κ1) is 16.4. The van der Waals surface area contributed by atoms with Gasteiger partial charge < -0.3 is 10.2 Å². The van der Waals surface area contributed by atoms with Crippen LogP contribution in [0.25, 0.3) is 10.9 Å². The number of hydrogen-bond donors (Lipinski definition) is 1. The van der Waals surface area contributed by atoms with Crippen molar-refractivity contribution in [2.45, 2.75) is 26.4 Å².